The maximum atomic E-state index is 4.56. The molecule has 4 aromatic rings. The smallest absolute Gasteiger partial charge is 0.114 e. The van der Waals surface area contributed by atoms with E-state index in [1.807, 2.05) is 76.2 Å². The molecule has 0 fully saturated rings. The Morgan fingerprint density at radius 1 is 0.652 bits per heavy atom. The van der Waals surface area contributed by atoms with Crippen molar-refractivity contribution in [2.24, 2.45) is 0 Å². The van der Waals surface area contributed by atoms with Crippen LogP contribution in [0, 0.1) is 0 Å². The number of H-pyrrole nitrogens is 2. The summed E-state index contributed by atoms with van der Waals surface area (Å²) in [7, 11) is 0. The van der Waals surface area contributed by atoms with E-state index in [4.69, 9.17) is 0 Å². The van der Waals surface area contributed by atoms with E-state index in [9.17, 15) is 0 Å². The fourth-order valence-corrected chi connectivity index (χ4v) is 2.34. The first-order chi connectivity index (χ1) is 11.4. The van der Waals surface area contributed by atoms with Gasteiger partial charge in [-0.15, -0.1) is 0 Å². The largest absolute Gasteiger partial charge is 0.342 e. The predicted octanol–water partition coefficient (Wildman–Crippen LogP) is 5.08. The van der Waals surface area contributed by atoms with Gasteiger partial charge in [0.25, 0.3) is 0 Å². The van der Waals surface area contributed by atoms with Gasteiger partial charge in [0.1, 0.15) is 11.6 Å². The maximum Gasteiger partial charge on any atom is 0.114 e. The minimum atomic E-state index is 0.684. The third kappa shape index (κ3) is 3.77. The fourth-order valence-electron chi connectivity index (χ4n) is 2.34. The summed E-state index contributed by atoms with van der Waals surface area (Å²) >= 11 is 0. The van der Waals surface area contributed by atoms with Gasteiger partial charge in [0, 0.05) is 0 Å². The molecule has 2 N–H and O–H groups in total. The summed E-state index contributed by atoms with van der Waals surface area (Å²) < 4.78 is 0. The summed E-state index contributed by atoms with van der Waals surface area (Å²) in [5.74, 6) is 1.86. The first-order valence-corrected chi connectivity index (χ1v) is 8.26. The molecule has 2 aromatic heterocycles. The van der Waals surface area contributed by atoms with Crippen LogP contribution in [0.1, 0.15) is 39.3 Å². The Hall–Kier alpha value is -2.62. The highest BCUT2D eigenvalue weighted by Crippen LogP contribution is 2.15. The van der Waals surface area contributed by atoms with E-state index in [-0.39, 0.29) is 0 Å². The molecule has 4 rings (SSSR count). The van der Waals surface area contributed by atoms with Crippen LogP contribution in [-0.4, -0.2) is 19.9 Å². The van der Waals surface area contributed by atoms with E-state index in [0.717, 1.165) is 33.7 Å². The zero-order valence-corrected chi connectivity index (χ0v) is 14.2. The van der Waals surface area contributed by atoms with Gasteiger partial charge in [0.05, 0.1) is 28.5 Å². The zero-order valence-electron chi connectivity index (χ0n) is 14.2. The summed E-state index contributed by atoms with van der Waals surface area (Å²) in [6.07, 6.45) is 0.684. The first-order valence-electron chi connectivity index (χ1n) is 8.26. The first kappa shape index (κ1) is 16.7. The highest BCUT2D eigenvalue weighted by atomic mass is 15.0. The Morgan fingerprint density at radius 2 is 1.04 bits per heavy atom. The van der Waals surface area contributed by atoms with Crippen molar-refractivity contribution in [1.29, 1.82) is 0 Å². The van der Waals surface area contributed by atoms with E-state index >= 15 is 0 Å². The van der Waals surface area contributed by atoms with Crippen LogP contribution >= 0.6 is 0 Å². The Kier molecular flexibility index (Phi) is 5.92. The lowest BCUT2D eigenvalue weighted by Gasteiger charge is -1.90. The molecular formula is C19H24N4. The van der Waals surface area contributed by atoms with Crippen molar-refractivity contribution < 1.29 is 0 Å². The molecule has 4 heteroatoms. The number of benzene rings is 2. The van der Waals surface area contributed by atoms with Crippen LogP contribution in [0.15, 0.2) is 48.5 Å². The number of aromatic nitrogens is 4. The molecular weight excluding hydrogens is 284 g/mol. The summed E-state index contributed by atoms with van der Waals surface area (Å²) in [5, 5.41) is 0. The topological polar surface area (TPSA) is 57.4 Å². The van der Waals surface area contributed by atoms with Crippen molar-refractivity contribution in [3.63, 3.8) is 0 Å². The van der Waals surface area contributed by atoms with Crippen LogP contribution in [0.25, 0.3) is 22.1 Å². The molecule has 0 radical (unpaired) electrons. The van der Waals surface area contributed by atoms with Gasteiger partial charge in [0.2, 0.25) is 0 Å². The molecule has 120 valence electrons. The molecule has 23 heavy (non-hydrogen) atoms. The van der Waals surface area contributed by atoms with Crippen LogP contribution in [0.2, 0.25) is 0 Å². The average molecular weight is 308 g/mol. The van der Waals surface area contributed by atoms with Crippen LogP contribution in [0.5, 0.6) is 0 Å². The molecule has 4 nitrogen and oxygen atoms in total. The number of nitrogens with one attached hydrogen (secondary N) is 2. The van der Waals surface area contributed by atoms with Gasteiger partial charge >= 0.3 is 0 Å². The van der Waals surface area contributed by atoms with Crippen molar-refractivity contribution in [2.45, 2.75) is 34.1 Å². The second kappa shape index (κ2) is 8.13. The van der Waals surface area contributed by atoms with E-state index < -0.39 is 0 Å². The number of nitrogens with zero attached hydrogens (tertiary/aromatic N) is 2. The summed E-state index contributed by atoms with van der Waals surface area (Å²) in [4.78, 5) is 15.8. The highest BCUT2D eigenvalue weighted by molar-refractivity contribution is 5.76. The number of hydrogen-bond acceptors (Lipinski definition) is 2. The van der Waals surface area contributed by atoms with Gasteiger partial charge in [-0.05, 0) is 24.3 Å². The normalized spacial score (nSPS) is 9.91. The van der Waals surface area contributed by atoms with E-state index in [1.165, 1.54) is 0 Å². The van der Waals surface area contributed by atoms with Crippen molar-refractivity contribution in [3.05, 3.63) is 60.2 Å². The van der Waals surface area contributed by atoms with Gasteiger partial charge in [-0.1, -0.05) is 52.0 Å². The van der Waals surface area contributed by atoms with Gasteiger partial charge in [-0.2, -0.15) is 0 Å². The lowest BCUT2D eigenvalue weighted by molar-refractivity contribution is 0.960. The van der Waals surface area contributed by atoms with Crippen molar-refractivity contribution in [2.75, 3.05) is 0 Å². The lowest BCUT2D eigenvalue weighted by Crippen LogP contribution is -1.92. The standard InChI is InChI=1S/C15H12N4.2C2H6/c1-2-6-11-10(5-1)16-14(17-11)9-15-18-12-7-3-4-8-13(12)19-15;2*1-2/h1-8H,9H2,(H,16,17)(H,18,19);2*1-2H3. The third-order valence-electron chi connectivity index (χ3n) is 3.21. The molecule has 0 aliphatic carbocycles. The van der Waals surface area contributed by atoms with Crippen molar-refractivity contribution >= 4 is 22.1 Å². The minimum absolute atomic E-state index is 0.684. The molecule has 0 spiro atoms. The molecule has 0 aliphatic heterocycles. The molecule has 2 aromatic carbocycles. The average Bonchev–Trinajstić information content (AvgIpc) is 3.21. The van der Waals surface area contributed by atoms with Crippen LogP contribution in [0.4, 0.5) is 0 Å². The van der Waals surface area contributed by atoms with Gasteiger partial charge < -0.3 is 9.97 Å². The molecule has 0 atom stereocenters. The number of hydrogen-bond donors (Lipinski definition) is 2. The van der Waals surface area contributed by atoms with E-state index in [1.54, 1.807) is 0 Å². The Labute approximate surface area is 137 Å². The SMILES string of the molecule is CC.CC.c1ccc2[nH]c(Cc3nc4ccccc4[nH]3)nc2c1. The summed E-state index contributed by atoms with van der Waals surface area (Å²) in [5.41, 5.74) is 4.12. The minimum Gasteiger partial charge on any atom is -0.342 e. The second-order valence-corrected chi connectivity index (χ2v) is 4.58. The van der Waals surface area contributed by atoms with E-state index in [2.05, 4.69) is 19.9 Å². The second-order valence-electron chi connectivity index (χ2n) is 4.58. The number of imidazole rings is 2. The van der Waals surface area contributed by atoms with Gasteiger partial charge in [-0.25, -0.2) is 9.97 Å². The molecule has 0 saturated carbocycles. The maximum absolute atomic E-state index is 4.56. The summed E-state index contributed by atoms with van der Waals surface area (Å²) in [6.45, 7) is 8.00. The third-order valence-corrected chi connectivity index (χ3v) is 3.21. The van der Waals surface area contributed by atoms with Gasteiger partial charge in [-0.3, -0.25) is 0 Å². The molecule has 0 unspecified atom stereocenters. The molecule has 0 saturated heterocycles. The Bertz CT molecular complexity index is 720. The number of rotatable bonds is 2. The molecule has 0 aliphatic rings. The fraction of sp³-hybridized carbons (Fsp3) is 0.263. The highest BCUT2D eigenvalue weighted by Gasteiger charge is 2.06. The Morgan fingerprint density at radius 3 is 1.43 bits per heavy atom. The Balaban J connectivity index is 0.000000448. The van der Waals surface area contributed by atoms with Crippen molar-refractivity contribution in [3.8, 4) is 0 Å². The monoisotopic (exact) mass is 308 g/mol. The number of aromatic amines is 2. The molecule has 0 bridgehead atoms. The number of fused-ring (bicyclic) bond motifs is 2. The molecule has 2 heterocycles. The lowest BCUT2D eigenvalue weighted by atomic mass is 10.3. The van der Waals surface area contributed by atoms with Crippen molar-refractivity contribution in [1.82, 2.24) is 19.9 Å². The van der Waals surface area contributed by atoms with E-state index in [0.29, 0.717) is 6.42 Å². The number of para-hydroxylation sites is 4. The summed E-state index contributed by atoms with van der Waals surface area (Å²) in [6, 6.07) is 16.1. The zero-order chi connectivity index (χ0) is 16.7. The molecule has 0 amide bonds. The predicted molar refractivity (Wildman–Crippen MR) is 97.7 cm³/mol. The van der Waals surface area contributed by atoms with Crippen LogP contribution in [0.3, 0.4) is 0 Å². The van der Waals surface area contributed by atoms with Crippen LogP contribution in [-0.2, 0) is 6.42 Å². The van der Waals surface area contributed by atoms with Crippen LogP contribution < -0.4 is 0 Å². The van der Waals surface area contributed by atoms with Gasteiger partial charge in [0.15, 0.2) is 0 Å². The quantitative estimate of drug-likeness (QED) is 0.542.